The molecule has 0 radical (unpaired) electrons. The van der Waals surface area contributed by atoms with E-state index in [-0.39, 0.29) is 11.4 Å². The molecule has 1 heterocycles. The highest BCUT2D eigenvalue weighted by molar-refractivity contribution is 5.90. The summed E-state index contributed by atoms with van der Waals surface area (Å²) in [6, 6.07) is 1.71. The first kappa shape index (κ1) is 13.8. The largest absolute Gasteiger partial charge is 0.477 e. The molecule has 19 heavy (non-hydrogen) atoms. The van der Waals surface area contributed by atoms with Crippen LogP contribution in [0.15, 0.2) is 6.07 Å². The summed E-state index contributed by atoms with van der Waals surface area (Å²) in [6.45, 7) is 3.28. The first-order valence-corrected chi connectivity index (χ1v) is 6.69. The zero-order chi connectivity index (χ0) is 13.7. The van der Waals surface area contributed by atoms with Crippen LogP contribution in [0.1, 0.15) is 41.4 Å². The Hall–Kier alpha value is -1.62. The summed E-state index contributed by atoms with van der Waals surface area (Å²) in [4.78, 5) is 15.6. The van der Waals surface area contributed by atoms with Crippen LogP contribution in [0, 0.1) is 0 Å². The van der Waals surface area contributed by atoms with Gasteiger partial charge in [-0.25, -0.2) is 9.78 Å². The van der Waals surface area contributed by atoms with Gasteiger partial charge in [0.1, 0.15) is 12.2 Å². The highest BCUT2D eigenvalue weighted by Gasteiger charge is 2.19. The molecule has 5 nitrogen and oxygen atoms in total. The van der Waals surface area contributed by atoms with Crippen molar-refractivity contribution in [2.24, 2.45) is 0 Å². The van der Waals surface area contributed by atoms with Gasteiger partial charge in [0.2, 0.25) is 5.88 Å². The van der Waals surface area contributed by atoms with E-state index in [4.69, 9.17) is 9.47 Å². The number of ether oxygens (including phenoxy) is 2. The SMILES string of the molecule is CCOCCOc1nc2c(cc1C(=O)O)CCCC2. The Morgan fingerprint density at radius 1 is 1.37 bits per heavy atom. The molecular formula is C14H19NO4. The van der Waals surface area contributed by atoms with Crippen LogP contribution in [0.25, 0.3) is 0 Å². The van der Waals surface area contributed by atoms with Gasteiger partial charge in [0, 0.05) is 12.3 Å². The normalized spacial score (nSPS) is 13.9. The van der Waals surface area contributed by atoms with Crippen LogP contribution >= 0.6 is 0 Å². The Labute approximate surface area is 112 Å². The Morgan fingerprint density at radius 3 is 2.89 bits per heavy atom. The quantitative estimate of drug-likeness (QED) is 0.797. The van der Waals surface area contributed by atoms with E-state index in [0.717, 1.165) is 36.9 Å². The number of aryl methyl sites for hydroxylation is 2. The van der Waals surface area contributed by atoms with Gasteiger partial charge in [-0.1, -0.05) is 0 Å². The summed E-state index contributed by atoms with van der Waals surface area (Å²) in [5.74, 6) is -0.778. The van der Waals surface area contributed by atoms with Gasteiger partial charge in [-0.15, -0.1) is 0 Å². The zero-order valence-corrected chi connectivity index (χ0v) is 11.1. The molecule has 0 amide bonds. The van der Waals surface area contributed by atoms with Crippen molar-refractivity contribution in [1.29, 1.82) is 0 Å². The third-order valence-electron chi connectivity index (χ3n) is 3.17. The fourth-order valence-electron chi connectivity index (χ4n) is 2.22. The van der Waals surface area contributed by atoms with Crippen LogP contribution in [0.5, 0.6) is 5.88 Å². The number of hydrogen-bond donors (Lipinski definition) is 1. The van der Waals surface area contributed by atoms with Crippen LogP contribution < -0.4 is 4.74 Å². The maximum absolute atomic E-state index is 11.2. The fourth-order valence-corrected chi connectivity index (χ4v) is 2.22. The van der Waals surface area contributed by atoms with E-state index in [9.17, 15) is 9.90 Å². The second kappa shape index (κ2) is 6.52. The van der Waals surface area contributed by atoms with Crippen molar-refractivity contribution in [1.82, 2.24) is 4.98 Å². The van der Waals surface area contributed by atoms with Crippen LogP contribution in [-0.2, 0) is 17.6 Å². The van der Waals surface area contributed by atoms with E-state index < -0.39 is 5.97 Å². The number of carboxylic acids is 1. The average molecular weight is 265 g/mol. The molecule has 0 bridgehead atoms. The number of aromatic carboxylic acids is 1. The van der Waals surface area contributed by atoms with Gasteiger partial charge < -0.3 is 14.6 Å². The minimum Gasteiger partial charge on any atom is -0.477 e. The lowest BCUT2D eigenvalue weighted by molar-refractivity contribution is 0.0684. The smallest absolute Gasteiger partial charge is 0.341 e. The number of aromatic nitrogens is 1. The molecule has 1 aromatic heterocycles. The summed E-state index contributed by atoms with van der Waals surface area (Å²) < 4.78 is 10.6. The summed E-state index contributed by atoms with van der Waals surface area (Å²) in [5, 5.41) is 9.22. The first-order valence-electron chi connectivity index (χ1n) is 6.69. The summed E-state index contributed by atoms with van der Waals surface area (Å²) in [5.41, 5.74) is 2.17. The van der Waals surface area contributed by atoms with Crippen molar-refractivity contribution in [3.8, 4) is 5.88 Å². The molecular weight excluding hydrogens is 246 g/mol. The summed E-state index contributed by atoms with van der Waals surface area (Å²) >= 11 is 0. The van der Waals surface area contributed by atoms with E-state index in [1.54, 1.807) is 6.07 Å². The van der Waals surface area contributed by atoms with Crippen LogP contribution in [0.3, 0.4) is 0 Å². The molecule has 0 aliphatic heterocycles. The molecule has 5 heteroatoms. The van der Waals surface area contributed by atoms with Gasteiger partial charge in [-0.05, 0) is 44.2 Å². The maximum Gasteiger partial charge on any atom is 0.341 e. The zero-order valence-electron chi connectivity index (χ0n) is 11.1. The lowest BCUT2D eigenvalue weighted by Gasteiger charge is -2.17. The standard InChI is InChI=1S/C14H19NO4/c1-2-18-7-8-19-13-11(14(16)17)9-10-5-3-4-6-12(10)15-13/h9H,2-8H2,1H3,(H,16,17). The van der Waals surface area contributed by atoms with E-state index in [1.807, 2.05) is 6.92 Å². The molecule has 2 rings (SSSR count). The van der Waals surface area contributed by atoms with E-state index in [1.165, 1.54) is 0 Å². The van der Waals surface area contributed by atoms with Crippen molar-refractivity contribution in [2.75, 3.05) is 19.8 Å². The molecule has 0 fully saturated rings. The lowest BCUT2D eigenvalue weighted by Crippen LogP contribution is -2.14. The van der Waals surface area contributed by atoms with Gasteiger partial charge in [-0.3, -0.25) is 0 Å². The van der Waals surface area contributed by atoms with Crippen molar-refractivity contribution in [2.45, 2.75) is 32.6 Å². The molecule has 1 aliphatic carbocycles. The maximum atomic E-state index is 11.2. The first-order chi connectivity index (χ1) is 9.22. The molecule has 0 saturated carbocycles. The topological polar surface area (TPSA) is 68.7 Å². The van der Waals surface area contributed by atoms with Crippen molar-refractivity contribution < 1.29 is 19.4 Å². The molecule has 1 aromatic rings. The molecule has 0 saturated heterocycles. The van der Waals surface area contributed by atoms with Crippen molar-refractivity contribution >= 4 is 5.97 Å². The molecule has 1 aliphatic rings. The Bertz CT molecular complexity index is 459. The molecule has 1 N–H and O–H groups in total. The van der Waals surface area contributed by atoms with Crippen LogP contribution in [0.4, 0.5) is 0 Å². The predicted octanol–water partition coefficient (Wildman–Crippen LogP) is 2.07. The Balaban J connectivity index is 2.17. The number of rotatable bonds is 6. The molecule has 0 aromatic carbocycles. The number of pyridine rings is 1. The third kappa shape index (κ3) is 3.44. The van der Waals surface area contributed by atoms with Gasteiger partial charge in [0.05, 0.1) is 6.61 Å². The van der Waals surface area contributed by atoms with Gasteiger partial charge in [-0.2, -0.15) is 0 Å². The van der Waals surface area contributed by atoms with E-state index in [2.05, 4.69) is 4.98 Å². The third-order valence-corrected chi connectivity index (χ3v) is 3.17. The second-order valence-corrected chi connectivity index (χ2v) is 4.50. The van der Waals surface area contributed by atoms with Gasteiger partial charge in [0.25, 0.3) is 0 Å². The molecule has 0 unspecified atom stereocenters. The van der Waals surface area contributed by atoms with E-state index in [0.29, 0.717) is 19.8 Å². The minimum atomic E-state index is -0.993. The highest BCUT2D eigenvalue weighted by atomic mass is 16.5. The summed E-state index contributed by atoms with van der Waals surface area (Å²) in [6.07, 6.45) is 4.00. The Kier molecular flexibility index (Phi) is 4.74. The number of carboxylic acid groups (broad SMARTS) is 1. The number of nitrogens with zero attached hydrogens (tertiary/aromatic N) is 1. The van der Waals surface area contributed by atoms with Crippen LogP contribution in [0.2, 0.25) is 0 Å². The van der Waals surface area contributed by atoms with E-state index >= 15 is 0 Å². The molecule has 0 spiro atoms. The second-order valence-electron chi connectivity index (χ2n) is 4.50. The molecule has 0 atom stereocenters. The number of hydrogen-bond acceptors (Lipinski definition) is 4. The minimum absolute atomic E-state index is 0.150. The van der Waals surface area contributed by atoms with Crippen molar-refractivity contribution in [3.63, 3.8) is 0 Å². The van der Waals surface area contributed by atoms with Crippen LogP contribution in [-0.4, -0.2) is 35.9 Å². The molecule has 104 valence electrons. The van der Waals surface area contributed by atoms with Crippen molar-refractivity contribution in [3.05, 3.63) is 22.9 Å². The monoisotopic (exact) mass is 265 g/mol. The highest BCUT2D eigenvalue weighted by Crippen LogP contribution is 2.26. The number of fused-ring (bicyclic) bond motifs is 1. The van der Waals surface area contributed by atoms with Gasteiger partial charge in [0.15, 0.2) is 0 Å². The predicted molar refractivity (Wildman–Crippen MR) is 69.8 cm³/mol. The Morgan fingerprint density at radius 2 is 2.16 bits per heavy atom. The lowest BCUT2D eigenvalue weighted by atomic mass is 9.95. The summed E-state index contributed by atoms with van der Waals surface area (Å²) in [7, 11) is 0. The fraction of sp³-hybridized carbons (Fsp3) is 0.571. The number of carbonyl (C=O) groups is 1. The van der Waals surface area contributed by atoms with Gasteiger partial charge >= 0.3 is 5.97 Å². The average Bonchev–Trinajstić information content (AvgIpc) is 2.42.